The van der Waals surface area contributed by atoms with Crippen molar-refractivity contribution in [2.75, 3.05) is 19.4 Å². The minimum absolute atomic E-state index is 0.00877. The molecule has 0 aliphatic carbocycles. The number of hydrogen-bond donors (Lipinski definition) is 2. The number of ether oxygens (including phenoxy) is 1. The summed E-state index contributed by atoms with van der Waals surface area (Å²) in [5.41, 5.74) is 5.94. The van der Waals surface area contributed by atoms with Crippen LogP contribution in [0.25, 0.3) is 0 Å². The lowest BCUT2D eigenvalue weighted by Crippen LogP contribution is -2.26. The molecule has 0 bridgehead atoms. The lowest BCUT2D eigenvalue weighted by atomic mass is 10.3. The van der Waals surface area contributed by atoms with Gasteiger partial charge in [0.1, 0.15) is 10.6 Å². The quantitative estimate of drug-likeness (QED) is 0.730. The Morgan fingerprint density at radius 3 is 2.90 bits per heavy atom. The van der Waals surface area contributed by atoms with Gasteiger partial charge in [0.15, 0.2) is 6.33 Å². The van der Waals surface area contributed by atoms with Crippen LogP contribution in [0.2, 0.25) is 0 Å². The summed E-state index contributed by atoms with van der Waals surface area (Å²) in [6.45, 7) is 0.127. The number of aromatic nitrogens is 2. The molecule has 9 heteroatoms. The van der Waals surface area contributed by atoms with Gasteiger partial charge in [0.2, 0.25) is 15.9 Å². The van der Waals surface area contributed by atoms with Gasteiger partial charge < -0.3 is 15.0 Å². The van der Waals surface area contributed by atoms with Gasteiger partial charge in [-0.3, -0.25) is 0 Å². The third-order valence-electron chi connectivity index (χ3n) is 2.52. The molecule has 0 saturated carbocycles. The summed E-state index contributed by atoms with van der Waals surface area (Å²) in [7, 11) is -2.33. The summed E-state index contributed by atoms with van der Waals surface area (Å²) in [4.78, 5) is 3.79. The SMILES string of the molecule is COc1ccc(N)cc1S(=O)(=O)NCCc1ncno1. The van der Waals surface area contributed by atoms with Gasteiger partial charge in [0.05, 0.1) is 7.11 Å². The summed E-state index contributed by atoms with van der Waals surface area (Å²) in [5.74, 6) is 0.580. The maximum absolute atomic E-state index is 12.2. The van der Waals surface area contributed by atoms with Gasteiger partial charge in [0.25, 0.3) is 0 Å². The molecule has 108 valence electrons. The first kappa shape index (κ1) is 14.3. The van der Waals surface area contributed by atoms with E-state index in [1.54, 1.807) is 6.07 Å². The number of hydrogen-bond acceptors (Lipinski definition) is 7. The molecular weight excluding hydrogens is 284 g/mol. The predicted octanol–water partition coefficient (Wildman–Crippen LogP) is 0.181. The monoisotopic (exact) mass is 298 g/mol. The third-order valence-corrected chi connectivity index (χ3v) is 4.00. The van der Waals surface area contributed by atoms with Gasteiger partial charge >= 0.3 is 0 Å². The Hall–Kier alpha value is -2.13. The number of sulfonamides is 1. The van der Waals surface area contributed by atoms with Crippen molar-refractivity contribution in [3.63, 3.8) is 0 Å². The van der Waals surface area contributed by atoms with Gasteiger partial charge in [-0.1, -0.05) is 5.16 Å². The van der Waals surface area contributed by atoms with E-state index in [0.29, 0.717) is 18.0 Å². The van der Waals surface area contributed by atoms with Gasteiger partial charge in [-0.25, -0.2) is 13.1 Å². The van der Waals surface area contributed by atoms with Crippen molar-refractivity contribution in [3.05, 3.63) is 30.4 Å². The molecular formula is C11H14N4O4S. The van der Waals surface area contributed by atoms with Crippen LogP contribution < -0.4 is 15.2 Å². The maximum atomic E-state index is 12.2. The summed E-state index contributed by atoms with van der Waals surface area (Å²) in [6.07, 6.45) is 1.55. The molecule has 0 unspecified atom stereocenters. The molecule has 20 heavy (non-hydrogen) atoms. The average Bonchev–Trinajstić information content (AvgIpc) is 2.91. The Kier molecular flexibility index (Phi) is 4.20. The number of nitrogens with two attached hydrogens (primary N) is 1. The topological polar surface area (TPSA) is 120 Å². The Bertz CT molecular complexity index is 670. The normalized spacial score (nSPS) is 11.4. The average molecular weight is 298 g/mol. The fourth-order valence-electron chi connectivity index (χ4n) is 1.58. The van der Waals surface area contributed by atoms with Gasteiger partial charge in [-0.05, 0) is 18.2 Å². The molecule has 0 spiro atoms. The fraction of sp³-hybridized carbons (Fsp3) is 0.273. The smallest absolute Gasteiger partial charge is 0.244 e. The zero-order valence-electron chi connectivity index (χ0n) is 10.7. The molecule has 1 heterocycles. The van der Waals surface area contributed by atoms with Gasteiger partial charge in [-0.15, -0.1) is 0 Å². The number of methoxy groups -OCH3 is 1. The van der Waals surface area contributed by atoms with Gasteiger partial charge in [-0.2, -0.15) is 4.98 Å². The largest absolute Gasteiger partial charge is 0.495 e. The second kappa shape index (κ2) is 5.88. The number of nitrogens with one attached hydrogen (secondary N) is 1. The molecule has 2 aromatic rings. The maximum Gasteiger partial charge on any atom is 0.244 e. The number of nitrogens with zero attached hydrogens (tertiary/aromatic N) is 2. The molecule has 0 amide bonds. The fourth-order valence-corrected chi connectivity index (χ4v) is 2.81. The van der Waals surface area contributed by atoms with E-state index in [1.165, 1.54) is 25.6 Å². The standard InChI is InChI=1S/C11H14N4O4S/c1-18-9-3-2-8(12)6-10(9)20(16,17)15-5-4-11-13-7-14-19-11/h2-3,6-7,15H,4-5,12H2,1H3. The Morgan fingerprint density at radius 1 is 1.45 bits per heavy atom. The Labute approximate surface area is 116 Å². The first-order valence-electron chi connectivity index (χ1n) is 5.71. The van der Waals surface area contributed by atoms with E-state index in [1.807, 2.05) is 0 Å². The van der Waals surface area contributed by atoms with Crippen LogP contribution in [0.3, 0.4) is 0 Å². The summed E-state index contributed by atoms with van der Waals surface area (Å²) in [6, 6.07) is 4.41. The summed E-state index contributed by atoms with van der Waals surface area (Å²) in [5, 5.41) is 3.43. The lowest BCUT2D eigenvalue weighted by Gasteiger charge is -2.10. The van der Waals surface area contributed by atoms with E-state index in [0.717, 1.165) is 0 Å². The summed E-state index contributed by atoms with van der Waals surface area (Å²) >= 11 is 0. The molecule has 0 fully saturated rings. The molecule has 1 aromatic carbocycles. The van der Waals surface area contributed by atoms with E-state index in [2.05, 4.69) is 14.9 Å². The van der Waals surface area contributed by atoms with Crippen LogP contribution in [0.15, 0.2) is 33.9 Å². The van der Waals surface area contributed by atoms with E-state index < -0.39 is 10.0 Å². The van der Waals surface area contributed by atoms with Crippen molar-refractivity contribution >= 4 is 15.7 Å². The molecule has 0 atom stereocenters. The highest BCUT2D eigenvalue weighted by atomic mass is 32.2. The molecule has 1 aromatic heterocycles. The highest BCUT2D eigenvalue weighted by Gasteiger charge is 2.19. The molecule has 8 nitrogen and oxygen atoms in total. The first-order chi connectivity index (χ1) is 9.53. The second-order valence-electron chi connectivity index (χ2n) is 3.89. The van der Waals surface area contributed by atoms with Crippen LogP contribution in [0, 0.1) is 0 Å². The zero-order chi connectivity index (χ0) is 14.6. The Morgan fingerprint density at radius 2 is 2.25 bits per heavy atom. The van der Waals surface area contributed by atoms with Crippen LogP contribution in [-0.2, 0) is 16.4 Å². The van der Waals surface area contributed by atoms with Crippen LogP contribution >= 0.6 is 0 Å². The molecule has 0 radical (unpaired) electrons. The van der Waals surface area contributed by atoms with Crippen LogP contribution in [0.5, 0.6) is 5.75 Å². The van der Waals surface area contributed by atoms with Crippen molar-refractivity contribution in [3.8, 4) is 5.75 Å². The van der Waals surface area contributed by atoms with E-state index >= 15 is 0 Å². The molecule has 0 aliphatic rings. The van der Waals surface area contributed by atoms with Crippen molar-refractivity contribution < 1.29 is 17.7 Å². The van der Waals surface area contributed by atoms with Gasteiger partial charge in [0, 0.05) is 18.7 Å². The number of rotatable bonds is 6. The molecule has 0 aliphatic heterocycles. The van der Waals surface area contributed by atoms with E-state index in [9.17, 15) is 8.42 Å². The van der Waals surface area contributed by atoms with Crippen molar-refractivity contribution in [1.29, 1.82) is 0 Å². The van der Waals surface area contributed by atoms with Crippen LogP contribution in [0.4, 0.5) is 5.69 Å². The second-order valence-corrected chi connectivity index (χ2v) is 5.63. The minimum atomic E-state index is -3.72. The number of benzene rings is 1. The van der Waals surface area contributed by atoms with Crippen LogP contribution in [-0.4, -0.2) is 32.2 Å². The van der Waals surface area contributed by atoms with Crippen molar-refractivity contribution in [2.24, 2.45) is 0 Å². The predicted molar refractivity (Wildman–Crippen MR) is 70.6 cm³/mol. The highest BCUT2D eigenvalue weighted by Crippen LogP contribution is 2.25. The number of nitrogen functional groups attached to an aromatic ring is 1. The summed E-state index contributed by atoms with van der Waals surface area (Å²) < 4.78 is 36.6. The molecule has 0 saturated heterocycles. The van der Waals surface area contributed by atoms with Crippen molar-refractivity contribution in [1.82, 2.24) is 14.9 Å². The van der Waals surface area contributed by atoms with Crippen LogP contribution in [0.1, 0.15) is 5.89 Å². The lowest BCUT2D eigenvalue weighted by molar-refractivity contribution is 0.377. The van der Waals surface area contributed by atoms with Crippen molar-refractivity contribution in [2.45, 2.75) is 11.3 Å². The highest BCUT2D eigenvalue weighted by molar-refractivity contribution is 7.89. The van der Waals surface area contributed by atoms with E-state index in [4.69, 9.17) is 15.0 Å². The Balaban J connectivity index is 2.11. The zero-order valence-corrected chi connectivity index (χ0v) is 11.6. The number of anilines is 1. The first-order valence-corrected chi connectivity index (χ1v) is 7.20. The molecule has 2 rings (SSSR count). The third kappa shape index (κ3) is 3.25. The molecule has 3 N–H and O–H groups in total. The minimum Gasteiger partial charge on any atom is -0.495 e. The van der Waals surface area contributed by atoms with E-state index in [-0.39, 0.29) is 17.2 Å².